The van der Waals surface area contributed by atoms with Crippen molar-refractivity contribution in [3.8, 4) is 0 Å². The second kappa shape index (κ2) is 4.36. The van der Waals surface area contributed by atoms with Crippen molar-refractivity contribution in [3.05, 3.63) is 29.7 Å². The second-order valence-corrected chi connectivity index (χ2v) is 3.62. The van der Waals surface area contributed by atoms with Crippen LogP contribution in [0.2, 0.25) is 5.28 Å². The number of halogens is 1. The Morgan fingerprint density at radius 2 is 2.31 bits per heavy atom. The molecule has 0 aliphatic carbocycles. The molecule has 0 aromatic carbocycles. The summed E-state index contributed by atoms with van der Waals surface area (Å²) in [5.41, 5.74) is 6.16. The lowest BCUT2D eigenvalue weighted by atomic mass is 10.3. The van der Waals surface area contributed by atoms with Crippen LogP contribution in [0.5, 0.6) is 0 Å². The van der Waals surface area contributed by atoms with E-state index in [9.17, 15) is 0 Å². The zero-order chi connectivity index (χ0) is 11.5. The number of hydrogen-bond donors (Lipinski definition) is 3. The number of H-pyrrole nitrogens is 1. The minimum atomic E-state index is -0.0386. The minimum absolute atomic E-state index is 0.0386. The number of imidazole rings is 1. The van der Waals surface area contributed by atoms with Gasteiger partial charge in [-0.3, -0.25) is 0 Å². The van der Waals surface area contributed by atoms with Gasteiger partial charge in [-0.1, -0.05) is 0 Å². The van der Waals surface area contributed by atoms with E-state index in [-0.39, 0.29) is 11.3 Å². The lowest BCUT2D eigenvalue weighted by Gasteiger charge is -2.13. The number of nitrogen functional groups attached to an aromatic ring is 1. The number of rotatable bonds is 3. The van der Waals surface area contributed by atoms with Crippen molar-refractivity contribution in [2.24, 2.45) is 0 Å². The van der Waals surface area contributed by atoms with Crippen LogP contribution < -0.4 is 11.1 Å². The van der Waals surface area contributed by atoms with Gasteiger partial charge < -0.3 is 16.0 Å². The first-order chi connectivity index (χ1) is 7.66. The van der Waals surface area contributed by atoms with E-state index in [0.717, 1.165) is 5.82 Å². The van der Waals surface area contributed by atoms with Gasteiger partial charge >= 0.3 is 0 Å². The fourth-order valence-corrected chi connectivity index (χ4v) is 1.41. The van der Waals surface area contributed by atoms with E-state index in [1.165, 1.54) is 6.20 Å². The zero-order valence-corrected chi connectivity index (χ0v) is 9.36. The largest absolute Gasteiger partial charge is 0.394 e. The Labute approximate surface area is 97.3 Å². The van der Waals surface area contributed by atoms with E-state index in [2.05, 4.69) is 25.3 Å². The zero-order valence-electron chi connectivity index (χ0n) is 8.61. The molecule has 1 atom stereocenters. The topological polar surface area (TPSA) is 92.5 Å². The summed E-state index contributed by atoms with van der Waals surface area (Å²) in [5, 5.41) is 3.25. The maximum absolute atomic E-state index is 5.71. The summed E-state index contributed by atoms with van der Waals surface area (Å²) in [6, 6.07) is -0.0386. The third-order valence-corrected chi connectivity index (χ3v) is 2.25. The van der Waals surface area contributed by atoms with Gasteiger partial charge in [-0.2, -0.15) is 4.98 Å². The molecule has 0 spiro atoms. The molecule has 84 valence electrons. The molecule has 2 rings (SSSR count). The van der Waals surface area contributed by atoms with Crippen LogP contribution in [-0.4, -0.2) is 19.9 Å². The summed E-state index contributed by atoms with van der Waals surface area (Å²) < 4.78 is 0. The molecule has 0 fully saturated rings. The van der Waals surface area contributed by atoms with Gasteiger partial charge in [0.1, 0.15) is 5.82 Å². The van der Waals surface area contributed by atoms with E-state index < -0.39 is 0 Å². The van der Waals surface area contributed by atoms with Crippen LogP contribution in [-0.2, 0) is 0 Å². The Balaban J connectivity index is 2.17. The van der Waals surface area contributed by atoms with Crippen molar-refractivity contribution in [1.82, 2.24) is 19.9 Å². The third-order valence-electron chi connectivity index (χ3n) is 2.07. The number of nitrogens with two attached hydrogens (primary N) is 1. The smallest absolute Gasteiger partial charge is 0.224 e. The summed E-state index contributed by atoms with van der Waals surface area (Å²) in [6.07, 6.45) is 4.90. The average molecular weight is 239 g/mol. The Kier molecular flexibility index (Phi) is 2.91. The van der Waals surface area contributed by atoms with E-state index in [1.807, 2.05) is 6.92 Å². The number of aromatic amines is 1. The first-order valence-corrected chi connectivity index (χ1v) is 5.08. The van der Waals surface area contributed by atoms with E-state index in [1.54, 1.807) is 12.4 Å². The van der Waals surface area contributed by atoms with E-state index in [0.29, 0.717) is 11.5 Å². The van der Waals surface area contributed by atoms with Gasteiger partial charge in [0.2, 0.25) is 5.28 Å². The highest BCUT2D eigenvalue weighted by Gasteiger charge is 2.10. The number of nitrogens with one attached hydrogen (secondary N) is 2. The highest BCUT2D eigenvalue weighted by molar-refractivity contribution is 6.28. The standard InChI is InChI=1S/C9H11ClN6/c1-5(7-12-2-3-13-7)15-8-6(11)4-14-9(10)16-8/h2-5H,11H2,1H3,(H,12,13)(H,14,15,16). The fraction of sp³-hybridized carbons (Fsp3) is 0.222. The summed E-state index contributed by atoms with van der Waals surface area (Å²) in [7, 11) is 0. The first kappa shape index (κ1) is 10.7. The van der Waals surface area contributed by atoms with Crippen LogP contribution in [0.15, 0.2) is 18.6 Å². The van der Waals surface area contributed by atoms with Gasteiger partial charge in [-0.15, -0.1) is 0 Å². The first-order valence-electron chi connectivity index (χ1n) is 4.70. The minimum Gasteiger partial charge on any atom is -0.394 e. The van der Waals surface area contributed by atoms with Crippen LogP contribution in [0.4, 0.5) is 11.5 Å². The molecule has 0 amide bonds. The van der Waals surface area contributed by atoms with E-state index >= 15 is 0 Å². The summed E-state index contributed by atoms with van der Waals surface area (Å²) in [5.74, 6) is 1.30. The predicted octanol–water partition coefficient (Wildman–Crippen LogP) is 1.61. The van der Waals surface area contributed by atoms with Crippen molar-refractivity contribution < 1.29 is 0 Å². The molecule has 6 nitrogen and oxygen atoms in total. The lowest BCUT2D eigenvalue weighted by molar-refractivity contribution is 0.803. The highest BCUT2D eigenvalue weighted by Crippen LogP contribution is 2.20. The fourth-order valence-electron chi connectivity index (χ4n) is 1.27. The molecule has 7 heteroatoms. The molecule has 0 saturated heterocycles. The summed E-state index contributed by atoms with van der Waals surface area (Å²) in [4.78, 5) is 14.9. The summed E-state index contributed by atoms with van der Waals surface area (Å²) in [6.45, 7) is 1.94. The molecule has 1 unspecified atom stereocenters. The maximum Gasteiger partial charge on any atom is 0.224 e. The van der Waals surface area contributed by atoms with Crippen LogP contribution in [0, 0.1) is 0 Å². The van der Waals surface area contributed by atoms with Gasteiger partial charge in [0.05, 0.1) is 17.9 Å². The molecule has 2 aromatic rings. The Bertz CT molecular complexity index is 469. The van der Waals surface area contributed by atoms with Crippen molar-refractivity contribution in [1.29, 1.82) is 0 Å². The molecule has 2 heterocycles. The third kappa shape index (κ3) is 2.22. The van der Waals surface area contributed by atoms with Crippen molar-refractivity contribution >= 4 is 23.1 Å². The number of anilines is 2. The Morgan fingerprint density at radius 1 is 1.50 bits per heavy atom. The number of aromatic nitrogens is 4. The molecule has 0 aliphatic heterocycles. The van der Waals surface area contributed by atoms with Crippen molar-refractivity contribution in [3.63, 3.8) is 0 Å². The van der Waals surface area contributed by atoms with E-state index in [4.69, 9.17) is 17.3 Å². The van der Waals surface area contributed by atoms with Crippen LogP contribution >= 0.6 is 11.6 Å². The Hall–Kier alpha value is -1.82. The number of nitrogens with zero attached hydrogens (tertiary/aromatic N) is 3. The van der Waals surface area contributed by atoms with Gasteiger partial charge in [-0.05, 0) is 18.5 Å². The number of hydrogen-bond acceptors (Lipinski definition) is 5. The molecule has 2 aromatic heterocycles. The molecule has 0 aliphatic rings. The van der Waals surface area contributed by atoms with Crippen molar-refractivity contribution in [2.75, 3.05) is 11.1 Å². The van der Waals surface area contributed by atoms with Crippen LogP contribution in [0.1, 0.15) is 18.8 Å². The van der Waals surface area contributed by atoms with Gasteiger partial charge in [0.15, 0.2) is 5.82 Å². The quantitative estimate of drug-likeness (QED) is 0.707. The average Bonchev–Trinajstić information content (AvgIpc) is 2.76. The molecule has 0 radical (unpaired) electrons. The van der Waals surface area contributed by atoms with Crippen LogP contribution in [0.3, 0.4) is 0 Å². The van der Waals surface area contributed by atoms with Crippen molar-refractivity contribution in [2.45, 2.75) is 13.0 Å². The normalized spacial score (nSPS) is 12.4. The lowest BCUT2D eigenvalue weighted by Crippen LogP contribution is -2.11. The highest BCUT2D eigenvalue weighted by atomic mass is 35.5. The van der Waals surface area contributed by atoms with Gasteiger partial charge in [0, 0.05) is 12.4 Å². The molecule has 16 heavy (non-hydrogen) atoms. The molecule has 0 bridgehead atoms. The van der Waals surface area contributed by atoms with Gasteiger partial charge in [0.25, 0.3) is 0 Å². The molecule has 4 N–H and O–H groups in total. The Morgan fingerprint density at radius 3 is 3.00 bits per heavy atom. The monoisotopic (exact) mass is 238 g/mol. The molecular formula is C9H11ClN6. The SMILES string of the molecule is CC(Nc1nc(Cl)ncc1N)c1ncc[nH]1. The second-order valence-electron chi connectivity index (χ2n) is 3.28. The van der Waals surface area contributed by atoms with Gasteiger partial charge in [-0.25, -0.2) is 9.97 Å². The molecule has 0 saturated carbocycles. The predicted molar refractivity (Wildman–Crippen MR) is 62.1 cm³/mol. The maximum atomic E-state index is 5.71. The molecular weight excluding hydrogens is 228 g/mol. The summed E-state index contributed by atoms with van der Waals surface area (Å²) >= 11 is 5.68. The van der Waals surface area contributed by atoms with Crippen LogP contribution in [0.25, 0.3) is 0 Å².